The fraction of sp³-hybridized carbons (Fsp3) is 0.588. The quantitative estimate of drug-likeness (QED) is 0.737. The van der Waals surface area contributed by atoms with Crippen LogP contribution in [0.1, 0.15) is 18.4 Å². The molecule has 1 aromatic carbocycles. The van der Waals surface area contributed by atoms with Gasteiger partial charge in [-0.05, 0) is 30.5 Å². The Bertz CT molecular complexity index is 503. The van der Waals surface area contributed by atoms with Crippen LogP contribution in [0.5, 0.6) is 11.5 Å². The third-order valence-electron chi connectivity index (χ3n) is 3.76. The number of carbonyl (C=O) groups is 1. The normalized spacial score (nSPS) is 15.2. The van der Waals surface area contributed by atoms with Crippen LogP contribution in [0, 0.1) is 0 Å². The van der Waals surface area contributed by atoms with Gasteiger partial charge < -0.3 is 19.5 Å². The van der Waals surface area contributed by atoms with E-state index in [1.165, 1.54) is 0 Å². The van der Waals surface area contributed by atoms with Crippen molar-refractivity contribution in [3.05, 3.63) is 23.8 Å². The average molecular weight is 339 g/mol. The molecule has 1 aromatic rings. The predicted octanol–water partition coefficient (Wildman–Crippen LogP) is 2.27. The highest BCUT2D eigenvalue weighted by atomic mass is 32.2. The van der Waals surface area contributed by atoms with Crippen molar-refractivity contribution >= 4 is 17.7 Å². The van der Waals surface area contributed by atoms with Gasteiger partial charge in [-0.1, -0.05) is 6.07 Å². The molecule has 0 radical (unpaired) electrons. The van der Waals surface area contributed by atoms with Gasteiger partial charge in [0.25, 0.3) is 0 Å². The summed E-state index contributed by atoms with van der Waals surface area (Å²) in [6.07, 6.45) is 2.58. The first-order valence-electron chi connectivity index (χ1n) is 7.90. The number of rotatable bonds is 8. The number of hydrogen-bond donors (Lipinski definition) is 1. The van der Waals surface area contributed by atoms with Crippen LogP contribution >= 0.6 is 11.8 Å². The topological polar surface area (TPSA) is 56.8 Å². The Morgan fingerprint density at radius 3 is 2.70 bits per heavy atom. The van der Waals surface area contributed by atoms with Crippen molar-refractivity contribution in [2.24, 2.45) is 0 Å². The molecule has 128 valence electrons. The maximum Gasteiger partial charge on any atom is 0.224 e. The van der Waals surface area contributed by atoms with Crippen LogP contribution in [0.15, 0.2) is 18.2 Å². The average Bonchev–Trinajstić information content (AvgIpc) is 2.59. The van der Waals surface area contributed by atoms with Crippen LogP contribution in [0.3, 0.4) is 0 Å². The molecule has 1 amide bonds. The Balaban J connectivity index is 1.69. The lowest BCUT2D eigenvalue weighted by Gasteiger charge is -2.21. The highest BCUT2D eigenvalue weighted by Crippen LogP contribution is 2.27. The van der Waals surface area contributed by atoms with Crippen LogP contribution in [0.2, 0.25) is 0 Å². The number of ether oxygens (including phenoxy) is 3. The molecule has 0 aromatic heterocycles. The molecule has 1 N–H and O–H groups in total. The second-order valence-electron chi connectivity index (χ2n) is 5.40. The van der Waals surface area contributed by atoms with E-state index < -0.39 is 0 Å². The summed E-state index contributed by atoms with van der Waals surface area (Å²) in [4.78, 5) is 12.0. The molecule has 0 bridgehead atoms. The van der Waals surface area contributed by atoms with Gasteiger partial charge in [0.05, 0.1) is 20.6 Å². The first-order chi connectivity index (χ1) is 11.2. The molecule has 1 saturated heterocycles. The lowest BCUT2D eigenvalue weighted by molar-refractivity contribution is -0.120. The molecule has 0 aliphatic carbocycles. The Labute approximate surface area is 142 Å². The fourth-order valence-corrected chi connectivity index (χ4v) is 3.58. The van der Waals surface area contributed by atoms with E-state index in [4.69, 9.17) is 14.2 Å². The van der Waals surface area contributed by atoms with E-state index in [0.717, 1.165) is 37.4 Å². The maximum atomic E-state index is 12.0. The van der Waals surface area contributed by atoms with Crippen molar-refractivity contribution in [1.29, 1.82) is 0 Å². The number of thioether (sulfide) groups is 1. The van der Waals surface area contributed by atoms with Crippen molar-refractivity contribution in [2.45, 2.75) is 24.5 Å². The van der Waals surface area contributed by atoms with Crippen LogP contribution in [-0.2, 0) is 16.0 Å². The minimum atomic E-state index is 0.0322. The van der Waals surface area contributed by atoms with E-state index in [1.54, 1.807) is 14.2 Å². The highest BCUT2D eigenvalue weighted by Gasteiger charge is 2.14. The molecule has 1 fully saturated rings. The first-order valence-corrected chi connectivity index (χ1v) is 8.94. The Morgan fingerprint density at radius 2 is 2.00 bits per heavy atom. The number of hydrogen-bond acceptors (Lipinski definition) is 5. The third-order valence-corrected chi connectivity index (χ3v) is 5.14. The van der Waals surface area contributed by atoms with Crippen molar-refractivity contribution in [3.63, 3.8) is 0 Å². The lowest BCUT2D eigenvalue weighted by atomic mass is 10.1. The van der Waals surface area contributed by atoms with Crippen LogP contribution in [0.4, 0.5) is 0 Å². The van der Waals surface area contributed by atoms with Crippen LogP contribution in [-0.4, -0.2) is 50.9 Å². The summed E-state index contributed by atoms with van der Waals surface area (Å²) >= 11 is 1.93. The monoisotopic (exact) mass is 339 g/mol. The zero-order valence-electron chi connectivity index (χ0n) is 13.8. The second kappa shape index (κ2) is 9.67. The smallest absolute Gasteiger partial charge is 0.224 e. The van der Waals surface area contributed by atoms with E-state index in [9.17, 15) is 4.79 Å². The number of nitrogens with one attached hydrogen (secondary N) is 1. The lowest BCUT2D eigenvalue weighted by Crippen LogP contribution is -2.28. The van der Waals surface area contributed by atoms with Crippen molar-refractivity contribution in [2.75, 3.05) is 39.7 Å². The van der Waals surface area contributed by atoms with Gasteiger partial charge in [-0.15, -0.1) is 0 Å². The largest absolute Gasteiger partial charge is 0.493 e. The Hall–Kier alpha value is -1.40. The van der Waals surface area contributed by atoms with E-state index in [1.807, 2.05) is 30.0 Å². The summed E-state index contributed by atoms with van der Waals surface area (Å²) in [5.41, 5.74) is 0.914. The summed E-state index contributed by atoms with van der Waals surface area (Å²) in [5, 5.41) is 3.65. The zero-order valence-corrected chi connectivity index (χ0v) is 14.6. The van der Waals surface area contributed by atoms with Crippen molar-refractivity contribution < 1.29 is 19.0 Å². The molecule has 0 saturated carbocycles. The minimum absolute atomic E-state index is 0.0322. The molecule has 5 nitrogen and oxygen atoms in total. The van der Waals surface area contributed by atoms with Gasteiger partial charge in [-0.25, -0.2) is 0 Å². The van der Waals surface area contributed by atoms with Gasteiger partial charge in [-0.2, -0.15) is 11.8 Å². The first kappa shape index (κ1) is 17.9. The summed E-state index contributed by atoms with van der Waals surface area (Å²) in [6.45, 7) is 2.43. The van der Waals surface area contributed by atoms with Gasteiger partial charge in [0.1, 0.15) is 0 Å². The fourth-order valence-electron chi connectivity index (χ4n) is 2.50. The number of carbonyl (C=O) groups excluding carboxylic acids is 1. The Kier molecular flexibility index (Phi) is 7.55. The third kappa shape index (κ3) is 5.95. The Morgan fingerprint density at radius 1 is 1.26 bits per heavy atom. The molecule has 2 rings (SSSR count). The van der Waals surface area contributed by atoms with Gasteiger partial charge in [-0.3, -0.25) is 4.79 Å². The summed E-state index contributed by atoms with van der Waals surface area (Å²) in [6, 6.07) is 5.55. The molecule has 6 heteroatoms. The van der Waals surface area contributed by atoms with Gasteiger partial charge >= 0.3 is 0 Å². The predicted molar refractivity (Wildman–Crippen MR) is 92.6 cm³/mol. The molecule has 0 spiro atoms. The summed E-state index contributed by atoms with van der Waals surface area (Å²) < 4.78 is 15.8. The molecule has 0 atom stereocenters. The molecular weight excluding hydrogens is 314 g/mol. The number of benzene rings is 1. The molecule has 1 aliphatic rings. The highest BCUT2D eigenvalue weighted by molar-refractivity contribution is 7.99. The standard InChI is InChI=1S/C17H25NO4S/c1-20-15-4-3-13(11-16(15)21-2)12-17(19)18-7-10-23-14-5-8-22-9-6-14/h3-4,11,14H,5-10,12H2,1-2H3,(H,18,19). The molecule has 1 aliphatic heterocycles. The number of amides is 1. The summed E-state index contributed by atoms with van der Waals surface area (Å²) in [5.74, 6) is 2.30. The van der Waals surface area contributed by atoms with Crippen LogP contribution < -0.4 is 14.8 Å². The maximum absolute atomic E-state index is 12.0. The van der Waals surface area contributed by atoms with Crippen molar-refractivity contribution in [1.82, 2.24) is 5.32 Å². The molecule has 23 heavy (non-hydrogen) atoms. The zero-order chi connectivity index (χ0) is 16.5. The minimum Gasteiger partial charge on any atom is -0.493 e. The molecule has 1 heterocycles. The van der Waals surface area contributed by atoms with Crippen molar-refractivity contribution in [3.8, 4) is 11.5 Å². The summed E-state index contributed by atoms with van der Waals surface area (Å²) in [7, 11) is 3.19. The van der Waals surface area contributed by atoms with E-state index in [0.29, 0.717) is 29.7 Å². The van der Waals surface area contributed by atoms with Crippen LogP contribution in [0.25, 0.3) is 0 Å². The second-order valence-corrected chi connectivity index (χ2v) is 6.81. The van der Waals surface area contributed by atoms with E-state index >= 15 is 0 Å². The van der Waals surface area contributed by atoms with Gasteiger partial charge in [0.2, 0.25) is 5.91 Å². The van der Waals surface area contributed by atoms with E-state index in [2.05, 4.69) is 5.32 Å². The molecule has 0 unspecified atom stereocenters. The number of methoxy groups -OCH3 is 2. The SMILES string of the molecule is COc1ccc(CC(=O)NCCSC2CCOCC2)cc1OC. The van der Waals surface area contributed by atoms with Gasteiger partial charge in [0.15, 0.2) is 11.5 Å². The van der Waals surface area contributed by atoms with E-state index in [-0.39, 0.29) is 5.91 Å². The van der Waals surface area contributed by atoms with Gasteiger partial charge in [0, 0.05) is 30.8 Å². The molecular formula is C17H25NO4S.